The van der Waals surface area contributed by atoms with Gasteiger partial charge in [-0.15, -0.1) is 0 Å². The van der Waals surface area contributed by atoms with Crippen LogP contribution in [0.4, 0.5) is 0 Å². The van der Waals surface area contributed by atoms with Crippen molar-refractivity contribution in [3.05, 3.63) is 84.2 Å². The Labute approximate surface area is 117 Å². The second kappa shape index (κ2) is 5.63. The zero-order valence-electron chi connectivity index (χ0n) is 10.8. The van der Waals surface area contributed by atoms with Gasteiger partial charge < -0.3 is 5.11 Å². The average molecular weight is 262 g/mol. The molecular formula is C17H14N2O. The van der Waals surface area contributed by atoms with Gasteiger partial charge >= 0.3 is 0 Å². The summed E-state index contributed by atoms with van der Waals surface area (Å²) >= 11 is 0. The predicted octanol–water partition coefficient (Wildman–Crippen LogP) is 3.23. The Kier molecular flexibility index (Phi) is 3.52. The molecule has 0 radical (unpaired) electrons. The molecule has 0 amide bonds. The molecule has 3 rings (SSSR count). The van der Waals surface area contributed by atoms with Crippen molar-refractivity contribution < 1.29 is 5.11 Å². The molecule has 0 spiro atoms. The molecule has 0 aliphatic carbocycles. The van der Waals surface area contributed by atoms with Gasteiger partial charge in [-0.1, -0.05) is 60.7 Å². The van der Waals surface area contributed by atoms with Crippen LogP contribution in [-0.2, 0) is 0 Å². The number of aliphatic hydroxyl groups excluding tert-OH is 1. The van der Waals surface area contributed by atoms with Gasteiger partial charge in [0, 0.05) is 11.8 Å². The number of hydrogen-bond donors (Lipinski definition) is 1. The van der Waals surface area contributed by atoms with Crippen LogP contribution in [0.2, 0.25) is 0 Å². The third-order valence-electron chi connectivity index (χ3n) is 3.10. The van der Waals surface area contributed by atoms with Crippen molar-refractivity contribution in [3.8, 4) is 11.4 Å². The predicted molar refractivity (Wildman–Crippen MR) is 78.0 cm³/mol. The topological polar surface area (TPSA) is 46.0 Å². The van der Waals surface area contributed by atoms with Crippen molar-refractivity contribution in [3.63, 3.8) is 0 Å². The maximum absolute atomic E-state index is 10.4. The number of hydrogen-bond acceptors (Lipinski definition) is 3. The van der Waals surface area contributed by atoms with Crippen LogP contribution in [0.5, 0.6) is 0 Å². The molecule has 1 unspecified atom stereocenters. The maximum Gasteiger partial charge on any atom is 0.159 e. The highest BCUT2D eigenvalue weighted by Gasteiger charge is 2.12. The van der Waals surface area contributed by atoms with Crippen LogP contribution in [0, 0.1) is 0 Å². The first-order chi connectivity index (χ1) is 9.84. The van der Waals surface area contributed by atoms with E-state index < -0.39 is 6.10 Å². The Morgan fingerprint density at radius 3 is 2.15 bits per heavy atom. The van der Waals surface area contributed by atoms with Crippen molar-refractivity contribution in [1.82, 2.24) is 9.97 Å². The smallest absolute Gasteiger partial charge is 0.159 e. The molecule has 0 saturated carbocycles. The largest absolute Gasteiger partial charge is 0.382 e. The number of rotatable bonds is 3. The van der Waals surface area contributed by atoms with Gasteiger partial charge in [-0.05, 0) is 11.6 Å². The van der Waals surface area contributed by atoms with Crippen molar-refractivity contribution in [2.75, 3.05) is 0 Å². The minimum Gasteiger partial charge on any atom is -0.382 e. The molecule has 0 fully saturated rings. The lowest BCUT2D eigenvalue weighted by atomic mass is 10.1. The summed E-state index contributed by atoms with van der Waals surface area (Å²) in [6.45, 7) is 0. The first-order valence-corrected chi connectivity index (χ1v) is 6.46. The molecule has 0 saturated heterocycles. The molecule has 0 bridgehead atoms. The minimum absolute atomic E-state index is 0.602. The van der Waals surface area contributed by atoms with Gasteiger partial charge in [0.05, 0.1) is 5.69 Å². The fourth-order valence-electron chi connectivity index (χ4n) is 2.06. The third kappa shape index (κ3) is 2.58. The third-order valence-corrected chi connectivity index (χ3v) is 3.10. The van der Waals surface area contributed by atoms with Crippen LogP contribution in [0.15, 0.2) is 72.9 Å². The maximum atomic E-state index is 10.4. The van der Waals surface area contributed by atoms with Crippen molar-refractivity contribution >= 4 is 0 Å². The summed E-state index contributed by atoms with van der Waals surface area (Å²) in [5, 5.41) is 10.4. The molecule has 2 aromatic carbocycles. The fourth-order valence-corrected chi connectivity index (χ4v) is 2.06. The van der Waals surface area contributed by atoms with E-state index in [1.54, 1.807) is 12.3 Å². The number of aliphatic hydroxyl groups is 1. The van der Waals surface area contributed by atoms with Crippen LogP contribution in [0.25, 0.3) is 11.4 Å². The SMILES string of the molecule is OC(c1ccccc1)c1ccnc(-c2ccccc2)n1. The molecule has 20 heavy (non-hydrogen) atoms. The average Bonchev–Trinajstić information content (AvgIpc) is 2.56. The van der Waals surface area contributed by atoms with E-state index in [1.807, 2.05) is 60.7 Å². The molecule has 1 heterocycles. The highest BCUT2D eigenvalue weighted by Crippen LogP contribution is 2.22. The summed E-state index contributed by atoms with van der Waals surface area (Å²) in [7, 11) is 0. The van der Waals surface area contributed by atoms with Gasteiger partial charge in [0.15, 0.2) is 5.82 Å². The van der Waals surface area contributed by atoms with Gasteiger partial charge in [-0.3, -0.25) is 0 Å². The van der Waals surface area contributed by atoms with E-state index in [9.17, 15) is 5.11 Å². The first kappa shape index (κ1) is 12.5. The minimum atomic E-state index is -0.735. The van der Waals surface area contributed by atoms with Crippen molar-refractivity contribution in [2.45, 2.75) is 6.10 Å². The quantitative estimate of drug-likeness (QED) is 0.788. The molecule has 1 aromatic heterocycles. The van der Waals surface area contributed by atoms with Gasteiger partial charge in [0.2, 0.25) is 0 Å². The number of benzene rings is 2. The Bertz CT molecular complexity index is 684. The van der Waals surface area contributed by atoms with E-state index >= 15 is 0 Å². The van der Waals surface area contributed by atoms with E-state index in [2.05, 4.69) is 9.97 Å². The Morgan fingerprint density at radius 2 is 1.45 bits per heavy atom. The molecule has 98 valence electrons. The van der Waals surface area contributed by atoms with Gasteiger partial charge in [-0.25, -0.2) is 9.97 Å². The van der Waals surface area contributed by atoms with E-state index in [-0.39, 0.29) is 0 Å². The highest BCUT2D eigenvalue weighted by molar-refractivity contribution is 5.54. The number of aromatic nitrogens is 2. The monoisotopic (exact) mass is 262 g/mol. The zero-order chi connectivity index (χ0) is 13.8. The lowest BCUT2D eigenvalue weighted by Gasteiger charge is -2.11. The lowest BCUT2D eigenvalue weighted by Crippen LogP contribution is -2.03. The van der Waals surface area contributed by atoms with E-state index in [4.69, 9.17) is 0 Å². The summed E-state index contributed by atoms with van der Waals surface area (Å²) < 4.78 is 0. The van der Waals surface area contributed by atoms with Crippen LogP contribution in [-0.4, -0.2) is 15.1 Å². The van der Waals surface area contributed by atoms with E-state index in [1.165, 1.54) is 0 Å². The number of nitrogens with zero attached hydrogens (tertiary/aromatic N) is 2. The molecule has 0 aliphatic rings. The molecular weight excluding hydrogens is 248 g/mol. The van der Waals surface area contributed by atoms with Crippen LogP contribution < -0.4 is 0 Å². The van der Waals surface area contributed by atoms with Crippen LogP contribution in [0.1, 0.15) is 17.4 Å². The van der Waals surface area contributed by atoms with E-state index in [0.29, 0.717) is 11.5 Å². The summed E-state index contributed by atoms with van der Waals surface area (Å²) in [5.74, 6) is 0.623. The van der Waals surface area contributed by atoms with Crippen molar-refractivity contribution in [1.29, 1.82) is 0 Å². The summed E-state index contributed by atoms with van der Waals surface area (Å²) in [5.41, 5.74) is 2.37. The first-order valence-electron chi connectivity index (χ1n) is 6.46. The Hall–Kier alpha value is -2.52. The molecule has 3 heteroatoms. The molecule has 1 atom stereocenters. The van der Waals surface area contributed by atoms with Crippen LogP contribution in [0.3, 0.4) is 0 Å². The molecule has 3 aromatic rings. The fraction of sp³-hybridized carbons (Fsp3) is 0.0588. The summed E-state index contributed by atoms with van der Waals surface area (Å²) in [4.78, 5) is 8.72. The van der Waals surface area contributed by atoms with Gasteiger partial charge in [0.1, 0.15) is 6.10 Å². The standard InChI is InChI=1S/C17H14N2O/c20-16(13-7-3-1-4-8-13)15-11-12-18-17(19-15)14-9-5-2-6-10-14/h1-12,16,20H. The second-order valence-corrected chi connectivity index (χ2v) is 4.48. The van der Waals surface area contributed by atoms with Crippen molar-refractivity contribution in [2.24, 2.45) is 0 Å². The lowest BCUT2D eigenvalue weighted by molar-refractivity contribution is 0.215. The van der Waals surface area contributed by atoms with Crippen LogP contribution >= 0.6 is 0 Å². The van der Waals surface area contributed by atoms with Gasteiger partial charge in [-0.2, -0.15) is 0 Å². The van der Waals surface area contributed by atoms with Gasteiger partial charge in [0.25, 0.3) is 0 Å². The second-order valence-electron chi connectivity index (χ2n) is 4.48. The molecule has 1 N–H and O–H groups in total. The normalized spacial score (nSPS) is 12.1. The summed E-state index contributed by atoms with van der Waals surface area (Å²) in [6, 6.07) is 21.0. The Morgan fingerprint density at radius 1 is 0.800 bits per heavy atom. The Balaban J connectivity index is 1.96. The molecule has 0 aliphatic heterocycles. The summed E-state index contributed by atoms with van der Waals surface area (Å²) in [6.07, 6.45) is 0.943. The molecule has 3 nitrogen and oxygen atoms in total. The van der Waals surface area contributed by atoms with E-state index in [0.717, 1.165) is 11.1 Å². The highest BCUT2D eigenvalue weighted by atomic mass is 16.3. The zero-order valence-corrected chi connectivity index (χ0v) is 10.8.